The molecule has 1 fully saturated rings. The van der Waals surface area contributed by atoms with E-state index in [1.54, 1.807) is 6.26 Å². The van der Waals surface area contributed by atoms with Gasteiger partial charge in [0, 0.05) is 30.7 Å². The Labute approximate surface area is 127 Å². The summed E-state index contributed by atoms with van der Waals surface area (Å²) >= 11 is 3.44. The van der Waals surface area contributed by atoms with Gasteiger partial charge >= 0.3 is 0 Å². The summed E-state index contributed by atoms with van der Waals surface area (Å²) in [7, 11) is 1.99. The van der Waals surface area contributed by atoms with Gasteiger partial charge in [-0.25, -0.2) is 0 Å². The number of anilines is 1. The zero-order chi connectivity index (χ0) is 13.9. The van der Waals surface area contributed by atoms with Gasteiger partial charge in [-0.15, -0.1) is 0 Å². The highest BCUT2D eigenvalue weighted by Gasteiger charge is 2.20. The van der Waals surface area contributed by atoms with Gasteiger partial charge in [0.1, 0.15) is 6.26 Å². The van der Waals surface area contributed by atoms with Crippen LogP contribution in [0.3, 0.4) is 0 Å². The first-order valence-electron chi connectivity index (χ1n) is 6.84. The molecule has 1 heterocycles. The number of oxazole rings is 1. The summed E-state index contributed by atoms with van der Waals surface area (Å²) in [6.45, 7) is 1.57. The van der Waals surface area contributed by atoms with Gasteiger partial charge in [0.05, 0.1) is 5.69 Å². The molecule has 0 atom stereocenters. The van der Waals surface area contributed by atoms with Crippen LogP contribution < -0.4 is 10.2 Å². The molecule has 0 unspecified atom stereocenters. The van der Waals surface area contributed by atoms with Crippen molar-refractivity contribution >= 4 is 21.9 Å². The zero-order valence-electron chi connectivity index (χ0n) is 11.5. The molecule has 0 radical (unpaired) electrons. The molecule has 0 saturated heterocycles. The maximum Gasteiger partial charge on any atom is 0.297 e. The summed E-state index contributed by atoms with van der Waals surface area (Å²) in [5, 5.41) is 3.43. The number of nitrogens with zero attached hydrogens (tertiary/aromatic N) is 2. The highest BCUT2D eigenvalue weighted by Crippen LogP contribution is 2.20. The molecule has 1 aliphatic rings. The zero-order valence-corrected chi connectivity index (χ0v) is 13.1. The minimum atomic E-state index is 0.667. The average Bonchev–Trinajstić information content (AvgIpc) is 3.15. The van der Waals surface area contributed by atoms with E-state index < -0.39 is 0 Å². The Kier molecular flexibility index (Phi) is 4.08. The average molecular weight is 336 g/mol. The summed E-state index contributed by atoms with van der Waals surface area (Å²) < 4.78 is 6.63. The number of rotatable bonds is 6. The Morgan fingerprint density at radius 2 is 2.10 bits per heavy atom. The van der Waals surface area contributed by atoms with Crippen LogP contribution in [0, 0.1) is 0 Å². The number of nitrogens with one attached hydrogen (secondary N) is 1. The first kappa shape index (κ1) is 13.6. The van der Waals surface area contributed by atoms with Crippen LogP contribution in [0.2, 0.25) is 0 Å². The lowest BCUT2D eigenvalue weighted by Crippen LogP contribution is -2.18. The molecule has 5 heteroatoms. The summed E-state index contributed by atoms with van der Waals surface area (Å²) in [6.07, 6.45) is 4.31. The van der Waals surface area contributed by atoms with E-state index in [1.165, 1.54) is 18.4 Å². The SMILES string of the molecule is CN(Cc1ccc(Br)cc1)c1nc(CNC2CC2)co1. The van der Waals surface area contributed by atoms with Crippen molar-refractivity contribution in [1.29, 1.82) is 0 Å². The second-order valence-corrected chi connectivity index (χ2v) is 6.17. The molecule has 4 nitrogen and oxygen atoms in total. The molecule has 20 heavy (non-hydrogen) atoms. The van der Waals surface area contributed by atoms with E-state index in [1.807, 2.05) is 24.1 Å². The highest BCUT2D eigenvalue weighted by molar-refractivity contribution is 9.10. The normalized spacial score (nSPS) is 14.5. The molecule has 1 aromatic carbocycles. The van der Waals surface area contributed by atoms with Gasteiger partial charge in [0.15, 0.2) is 0 Å². The molecule has 1 aromatic heterocycles. The Balaban J connectivity index is 1.58. The van der Waals surface area contributed by atoms with E-state index in [-0.39, 0.29) is 0 Å². The quantitative estimate of drug-likeness (QED) is 0.879. The largest absolute Gasteiger partial charge is 0.432 e. The van der Waals surface area contributed by atoms with E-state index in [0.29, 0.717) is 12.1 Å². The summed E-state index contributed by atoms with van der Waals surface area (Å²) in [5.41, 5.74) is 2.20. The molecular formula is C15H18BrN3O. The van der Waals surface area contributed by atoms with Crippen LogP contribution in [-0.4, -0.2) is 18.1 Å². The lowest BCUT2D eigenvalue weighted by molar-refractivity contribution is 0.542. The molecule has 2 aromatic rings. The molecule has 3 rings (SSSR count). The van der Waals surface area contributed by atoms with Crippen molar-refractivity contribution in [3.05, 3.63) is 46.3 Å². The Morgan fingerprint density at radius 3 is 2.80 bits per heavy atom. The molecule has 0 aliphatic heterocycles. The van der Waals surface area contributed by atoms with Crippen molar-refractivity contribution in [3.8, 4) is 0 Å². The van der Waals surface area contributed by atoms with Gasteiger partial charge in [0.2, 0.25) is 0 Å². The second-order valence-electron chi connectivity index (χ2n) is 5.26. The first-order valence-corrected chi connectivity index (χ1v) is 7.63. The van der Waals surface area contributed by atoms with Crippen molar-refractivity contribution < 1.29 is 4.42 Å². The third-order valence-corrected chi connectivity index (χ3v) is 3.88. The maximum absolute atomic E-state index is 5.54. The molecule has 0 amide bonds. The topological polar surface area (TPSA) is 41.3 Å². The Bertz CT molecular complexity index is 563. The number of halogens is 1. The fraction of sp³-hybridized carbons (Fsp3) is 0.400. The predicted octanol–water partition coefficient (Wildman–Crippen LogP) is 3.33. The summed E-state index contributed by atoms with van der Waals surface area (Å²) in [6, 6.07) is 9.64. The van der Waals surface area contributed by atoms with Crippen LogP contribution in [0.1, 0.15) is 24.1 Å². The summed E-state index contributed by atoms with van der Waals surface area (Å²) in [5.74, 6) is 0. The standard InChI is InChI=1S/C15H18BrN3O/c1-19(9-11-2-4-12(16)5-3-11)15-18-14(10-20-15)8-17-13-6-7-13/h2-5,10,13,17H,6-9H2,1H3. The fourth-order valence-corrected chi connectivity index (χ4v) is 2.28. The molecule has 0 bridgehead atoms. The van der Waals surface area contributed by atoms with E-state index in [0.717, 1.165) is 23.3 Å². The second kappa shape index (κ2) is 5.97. The van der Waals surface area contributed by atoms with Crippen molar-refractivity contribution in [2.45, 2.75) is 32.0 Å². The molecule has 1 saturated carbocycles. The molecule has 1 aliphatic carbocycles. The van der Waals surface area contributed by atoms with Gasteiger partial charge in [-0.3, -0.25) is 0 Å². The number of benzene rings is 1. The van der Waals surface area contributed by atoms with E-state index in [4.69, 9.17) is 4.42 Å². The van der Waals surface area contributed by atoms with Gasteiger partial charge in [-0.1, -0.05) is 28.1 Å². The number of hydrogen-bond donors (Lipinski definition) is 1. The third kappa shape index (κ3) is 3.61. The van der Waals surface area contributed by atoms with Crippen molar-refractivity contribution in [2.75, 3.05) is 11.9 Å². The van der Waals surface area contributed by atoms with Gasteiger partial charge in [-0.05, 0) is 30.5 Å². The van der Waals surface area contributed by atoms with Gasteiger partial charge in [-0.2, -0.15) is 4.98 Å². The van der Waals surface area contributed by atoms with Crippen LogP contribution in [0.5, 0.6) is 0 Å². The maximum atomic E-state index is 5.54. The van der Waals surface area contributed by atoms with E-state index in [2.05, 4.69) is 38.4 Å². The highest BCUT2D eigenvalue weighted by atomic mass is 79.9. The van der Waals surface area contributed by atoms with Gasteiger partial charge in [0.25, 0.3) is 6.01 Å². The molecular weight excluding hydrogens is 318 g/mol. The third-order valence-electron chi connectivity index (χ3n) is 3.35. The molecule has 0 spiro atoms. The van der Waals surface area contributed by atoms with Crippen LogP contribution in [-0.2, 0) is 13.1 Å². The lowest BCUT2D eigenvalue weighted by Gasteiger charge is -2.14. The summed E-state index contributed by atoms with van der Waals surface area (Å²) in [4.78, 5) is 6.53. The van der Waals surface area contributed by atoms with Crippen LogP contribution in [0.25, 0.3) is 0 Å². The van der Waals surface area contributed by atoms with Crippen molar-refractivity contribution in [3.63, 3.8) is 0 Å². The number of aromatic nitrogens is 1. The van der Waals surface area contributed by atoms with Crippen molar-refractivity contribution in [2.24, 2.45) is 0 Å². The monoisotopic (exact) mass is 335 g/mol. The minimum absolute atomic E-state index is 0.667. The predicted molar refractivity (Wildman–Crippen MR) is 82.6 cm³/mol. The van der Waals surface area contributed by atoms with Crippen LogP contribution in [0.4, 0.5) is 6.01 Å². The van der Waals surface area contributed by atoms with Crippen molar-refractivity contribution in [1.82, 2.24) is 10.3 Å². The molecule has 1 N–H and O–H groups in total. The lowest BCUT2D eigenvalue weighted by atomic mass is 10.2. The Morgan fingerprint density at radius 1 is 1.35 bits per heavy atom. The minimum Gasteiger partial charge on any atom is -0.432 e. The van der Waals surface area contributed by atoms with E-state index in [9.17, 15) is 0 Å². The fourth-order valence-electron chi connectivity index (χ4n) is 2.02. The van der Waals surface area contributed by atoms with E-state index >= 15 is 0 Å². The Hall–Kier alpha value is -1.33. The van der Waals surface area contributed by atoms with Gasteiger partial charge < -0.3 is 14.6 Å². The van der Waals surface area contributed by atoms with Crippen LogP contribution >= 0.6 is 15.9 Å². The first-order chi connectivity index (χ1) is 9.70. The number of hydrogen-bond acceptors (Lipinski definition) is 4. The molecule has 106 valence electrons. The van der Waals surface area contributed by atoms with Crippen LogP contribution in [0.15, 0.2) is 39.4 Å². The smallest absolute Gasteiger partial charge is 0.297 e.